The molecule has 0 aliphatic carbocycles. The smallest absolute Gasteiger partial charge is 0.135 e. The highest BCUT2D eigenvalue weighted by atomic mass is 32.1. The van der Waals surface area contributed by atoms with Crippen LogP contribution in [0.4, 0.5) is 11.6 Å². The summed E-state index contributed by atoms with van der Waals surface area (Å²) >= 11 is 1.69. The molecule has 0 spiro atoms. The lowest BCUT2D eigenvalue weighted by molar-refractivity contribution is 0.771. The van der Waals surface area contributed by atoms with Crippen molar-refractivity contribution >= 4 is 23.0 Å². The van der Waals surface area contributed by atoms with Crippen LogP contribution in [-0.4, -0.2) is 28.0 Å². The molecule has 2 aromatic rings. The van der Waals surface area contributed by atoms with Gasteiger partial charge in [-0.15, -0.1) is 11.3 Å². The van der Waals surface area contributed by atoms with Gasteiger partial charge in [0, 0.05) is 42.6 Å². The molecule has 2 rings (SSSR count). The predicted molar refractivity (Wildman–Crippen MR) is 89.3 cm³/mol. The van der Waals surface area contributed by atoms with Gasteiger partial charge in [0.2, 0.25) is 0 Å². The summed E-state index contributed by atoms with van der Waals surface area (Å²) in [6, 6.07) is 0. The summed E-state index contributed by atoms with van der Waals surface area (Å²) in [5.74, 6) is 3.02. The molecule has 0 aliphatic heterocycles. The summed E-state index contributed by atoms with van der Waals surface area (Å²) < 4.78 is 0. The maximum Gasteiger partial charge on any atom is 0.135 e. The summed E-state index contributed by atoms with van der Waals surface area (Å²) in [6.07, 6.45) is 2.75. The predicted octanol–water partition coefficient (Wildman–Crippen LogP) is 3.45. The SMILES string of the molecule is CCNc1nc(C(C)C)nc(NCCc2nccs2)c1C. The van der Waals surface area contributed by atoms with Crippen LogP contribution in [0.5, 0.6) is 0 Å². The lowest BCUT2D eigenvalue weighted by Gasteiger charge is -2.15. The second-order valence-electron chi connectivity index (χ2n) is 5.19. The third kappa shape index (κ3) is 4.14. The van der Waals surface area contributed by atoms with Gasteiger partial charge in [0.15, 0.2) is 0 Å². The summed E-state index contributed by atoms with van der Waals surface area (Å²) in [7, 11) is 0. The van der Waals surface area contributed by atoms with Crippen LogP contribution in [0.1, 0.15) is 43.1 Å². The van der Waals surface area contributed by atoms with E-state index in [4.69, 9.17) is 0 Å². The Hall–Kier alpha value is -1.69. The topological polar surface area (TPSA) is 62.7 Å². The van der Waals surface area contributed by atoms with Crippen LogP contribution < -0.4 is 10.6 Å². The van der Waals surface area contributed by atoms with Gasteiger partial charge in [-0.05, 0) is 13.8 Å². The quantitative estimate of drug-likeness (QED) is 0.820. The molecule has 0 bridgehead atoms. The molecule has 0 unspecified atom stereocenters. The summed E-state index contributed by atoms with van der Waals surface area (Å²) in [4.78, 5) is 13.6. The monoisotopic (exact) mass is 305 g/mol. The molecule has 2 heterocycles. The van der Waals surface area contributed by atoms with Crippen LogP contribution in [0.15, 0.2) is 11.6 Å². The number of hydrogen-bond acceptors (Lipinski definition) is 6. The first kappa shape index (κ1) is 15.7. The number of nitrogens with zero attached hydrogens (tertiary/aromatic N) is 3. The van der Waals surface area contributed by atoms with Crippen molar-refractivity contribution in [3.63, 3.8) is 0 Å². The highest BCUT2D eigenvalue weighted by Gasteiger charge is 2.12. The highest BCUT2D eigenvalue weighted by Crippen LogP contribution is 2.23. The number of hydrogen-bond donors (Lipinski definition) is 2. The maximum absolute atomic E-state index is 4.65. The third-order valence-electron chi connectivity index (χ3n) is 3.14. The Bertz CT molecular complexity index is 566. The Morgan fingerprint density at radius 3 is 2.48 bits per heavy atom. The van der Waals surface area contributed by atoms with E-state index in [2.05, 4.69) is 46.4 Å². The lowest BCUT2D eigenvalue weighted by atomic mass is 10.2. The average molecular weight is 305 g/mol. The second-order valence-corrected chi connectivity index (χ2v) is 6.17. The van der Waals surface area contributed by atoms with Crippen molar-refractivity contribution in [2.24, 2.45) is 0 Å². The van der Waals surface area contributed by atoms with E-state index in [1.54, 1.807) is 11.3 Å². The van der Waals surface area contributed by atoms with Crippen LogP contribution in [0.3, 0.4) is 0 Å². The average Bonchev–Trinajstić information content (AvgIpc) is 2.96. The Morgan fingerprint density at radius 2 is 1.90 bits per heavy atom. The molecule has 2 N–H and O–H groups in total. The van der Waals surface area contributed by atoms with E-state index >= 15 is 0 Å². The fourth-order valence-electron chi connectivity index (χ4n) is 1.97. The fourth-order valence-corrected chi connectivity index (χ4v) is 2.59. The molecule has 114 valence electrons. The van der Waals surface area contributed by atoms with Gasteiger partial charge < -0.3 is 10.6 Å². The molecule has 0 saturated heterocycles. The number of nitrogens with one attached hydrogen (secondary N) is 2. The van der Waals surface area contributed by atoms with Gasteiger partial charge in [0.25, 0.3) is 0 Å². The van der Waals surface area contributed by atoms with E-state index in [-0.39, 0.29) is 0 Å². The fraction of sp³-hybridized carbons (Fsp3) is 0.533. The summed E-state index contributed by atoms with van der Waals surface area (Å²) in [5.41, 5.74) is 1.07. The lowest BCUT2D eigenvalue weighted by Crippen LogP contribution is -2.13. The van der Waals surface area contributed by atoms with Crippen LogP contribution in [0, 0.1) is 6.92 Å². The largest absolute Gasteiger partial charge is 0.370 e. The van der Waals surface area contributed by atoms with E-state index in [1.165, 1.54) is 0 Å². The highest BCUT2D eigenvalue weighted by molar-refractivity contribution is 7.09. The number of thiazole rings is 1. The zero-order valence-electron chi connectivity index (χ0n) is 13.1. The zero-order valence-corrected chi connectivity index (χ0v) is 13.9. The van der Waals surface area contributed by atoms with Gasteiger partial charge in [-0.1, -0.05) is 13.8 Å². The van der Waals surface area contributed by atoms with Crippen molar-refractivity contribution in [1.82, 2.24) is 15.0 Å². The first-order valence-electron chi connectivity index (χ1n) is 7.36. The van der Waals surface area contributed by atoms with Crippen LogP contribution in [0.2, 0.25) is 0 Å². The number of aromatic nitrogens is 3. The van der Waals surface area contributed by atoms with Crippen LogP contribution in [0.25, 0.3) is 0 Å². The molecule has 0 aliphatic rings. The van der Waals surface area contributed by atoms with Gasteiger partial charge in [-0.3, -0.25) is 0 Å². The van der Waals surface area contributed by atoms with Gasteiger partial charge in [-0.2, -0.15) is 0 Å². The minimum absolute atomic E-state index is 0.308. The Kier molecular flexibility index (Phi) is 5.50. The Balaban J connectivity index is 2.12. The Labute approximate surface area is 130 Å². The molecule has 0 aromatic carbocycles. The molecule has 2 aromatic heterocycles. The molecule has 0 amide bonds. The van der Waals surface area contributed by atoms with E-state index in [1.807, 2.05) is 18.5 Å². The molecule has 6 heteroatoms. The molecule has 0 fully saturated rings. The molecular formula is C15H23N5S. The molecule has 0 saturated carbocycles. The normalized spacial score (nSPS) is 10.9. The van der Waals surface area contributed by atoms with Gasteiger partial charge >= 0.3 is 0 Å². The third-order valence-corrected chi connectivity index (χ3v) is 3.98. The number of anilines is 2. The van der Waals surface area contributed by atoms with Gasteiger partial charge in [0.05, 0.1) is 5.01 Å². The minimum atomic E-state index is 0.308. The van der Waals surface area contributed by atoms with Crippen molar-refractivity contribution in [2.45, 2.75) is 40.0 Å². The standard InChI is InChI=1S/C15H23N5S/c1-5-16-14-11(4)15(20-13(19-14)10(2)3)18-7-6-12-17-8-9-21-12/h8-10H,5-7H2,1-4H3,(H2,16,18,19,20). The first-order valence-corrected chi connectivity index (χ1v) is 8.24. The Morgan fingerprint density at radius 1 is 1.19 bits per heavy atom. The van der Waals surface area contributed by atoms with E-state index < -0.39 is 0 Å². The van der Waals surface area contributed by atoms with Crippen molar-refractivity contribution in [2.75, 3.05) is 23.7 Å². The van der Waals surface area contributed by atoms with E-state index in [0.29, 0.717) is 5.92 Å². The maximum atomic E-state index is 4.65. The van der Waals surface area contributed by atoms with E-state index in [0.717, 1.165) is 47.5 Å². The van der Waals surface area contributed by atoms with E-state index in [9.17, 15) is 0 Å². The molecule has 0 radical (unpaired) electrons. The minimum Gasteiger partial charge on any atom is -0.370 e. The number of rotatable bonds is 7. The van der Waals surface area contributed by atoms with Crippen LogP contribution in [-0.2, 0) is 6.42 Å². The molecule has 5 nitrogen and oxygen atoms in total. The van der Waals surface area contributed by atoms with Gasteiger partial charge in [-0.25, -0.2) is 15.0 Å². The van der Waals surface area contributed by atoms with Gasteiger partial charge in [0.1, 0.15) is 17.5 Å². The van der Waals surface area contributed by atoms with Crippen molar-refractivity contribution in [1.29, 1.82) is 0 Å². The zero-order chi connectivity index (χ0) is 15.2. The molecular weight excluding hydrogens is 282 g/mol. The molecule has 0 atom stereocenters. The van der Waals surface area contributed by atoms with Crippen molar-refractivity contribution in [3.8, 4) is 0 Å². The van der Waals surface area contributed by atoms with Crippen LogP contribution >= 0.6 is 11.3 Å². The van der Waals surface area contributed by atoms with Crippen molar-refractivity contribution in [3.05, 3.63) is 28.0 Å². The summed E-state index contributed by atoms with van der Waals surface area (Å²) in [5, 5.41) is 9.88. The second kappa shape index (κ2) is 7.36. The summed E-state index contributed by atoms with van der Waals surface area (Å²) in [6.45, 7) is 10.0. The van der Waals surface area contributed by atoms with Crippen molar-refractivity contribution < 1.29 is 0 Å². The molecule has 21 heavy (non-hydrogen) atoms. The first-order chi connectivity index (χ1) is 10.1.